The molecule has 0 saturated heterocycles. The summed E-state index contributed by atoms with van der Waals surface area (Å²) in [6, 6.07) is 20.8. The van der Waals surface area contributed by atoms with E-state index in [4.69, 9.17) is 11.6 Å². The molecule has 0 atom stereocenters. The summed E-state index contributed by atoms with van der Waals surface area (Å²) in [4.78, 5) is 0.136. The average Bonchev–Trinajstić information content (AvgIpc) is 2.64. The first-order valence-electron chi connectivity index (χ1n) is 8.04. The lowest BCUT2D eigenvalue weighted by atomic mass is 10.2. The van der Waals surface area contributed by atoms with Crippen LogP contribution in [0.2, 0.25) is 5.02 Å². The molecule has 3 aromatic carbocycles. The van der Waals surface area contributed by atoms with Crippen molar-refractivity contribution in [3.63, 3.8) is 0 Å². The van der Waals surface area contributed by atoms with Crippen molar-refractivity contribution in [3.05, 3.63) is 93.4 Å². The molecule has 0 fully saturated rings. The number of halogens is 2. The summed E-state index contributed by atoms with van der Waals surface area (Å²) in [7, 11) is -3.88. The molecule has 138 valence electrons. The van der Waals surface area contributed by atoms with Gasteiger partial charge in [0, 0.05) is 20.7 Å². The van der Waals surface area contributed by atoms with Crippen molar-refractivity contribution in [2.24, 2.45) is 4.40 Å². The van der Waals surface area contributed by atoms with Gasteiger partial charge in [0.1, 0.15) is 0 Å². The smallest absolute Gasteiger partial charge is 0.284 e. The second-order valence-electron chi connectivity index (χ2n) is 5.87. The third-order valence-corrected chi connectivity index (χ3v) is 5.83. The van der Waals surface area contributed by atoms with Gasteiger partial charge in [0.05, 0.1) is 4.90 Å². The lowest BCUT2D eigenvalue weighted by molar-refractivity contribution is 0.598. The zero-order valence-electron chi connectivity index (χ0n) is 14.4. The number of amidine groups is 1. The number of nitrogens with one attached hydrogen (secondary N) is 1. The van der Waals surface area contributed by atoms with Crippen LogP contribution in [0.3, 0.4) is 0 Å². The maximum Gasteiger partial charge on any atom is 0.284 e. The first-order chi connectivity index (χ1) is 12.8. The molecule has 0 bridgehead atoms. The van der Waals surface area contributed by atoms with Gasteiger partial charge in [0.2, 0.25) is 0 Å². The van der Waals surface area contributed by atoms with Crippen LogP contribution in [-0.2, 0) is 10.0 Å². The Bertz CT molecular complexity index is 1060. The van der Waals surface area contributed by atoms with Crippen molar-refractivity contribution in [1.82, 2.24) is 0 Å². The summed E-state index contributed by atoms with van der Waals surface area (Å²) in [5, 5.41) is 3.64. The van der Waals surface area contributed by atoms with Gasteiger partial charge in [-0.25, -0.2) is 0 Å². The molecule has 1 N–H and O–H groups in total. The molecule has 3 rings (SSSR count). The minimum atomic E-state index is -3.88. The predicted octanol–water partition coefficient (Wildman–Crippen LogP) is 5.66. The van der Waals surface area contributed by atoms with Crippen molar-refractivity contribution >= 4 is 49.1 Å². The molecule has 4 nitrogen and oxygen atoms in total. The maximum atomic E-state index is 12.8. The van der Waals surface area contributed by atoms with Crippen LogP contribution in [0.5, 0.6) is 0 Å². The summed E-state index contributed by atoms with van der Waals surface area (Å²) >= 11 is 9.34. The van der Waals surface area contributed by atoms with Gasteiger partial charge in [-0.15, -0.1) is 4.40 Å². The van der Waals surface area contributed by atoms with Crippen LogP contribution >= 0.6 is 27.5 Å². The van der Waals surface area contributed by atoms with Gasteiger partial charge < -0.3 is 5.32 Å². The standard InChI is InChI=1S/C20H16BrClN2O2S/c1-14-2-12-19(13-3-14)27(25,26)24-20(15-4-8-17(22)9-5-15)23-18-10-6-16(21)7-11-18/h2-13H,1H3,(H,23,24). The highest BCUT2D eigenvalue weighted by Gasteiger charge is 2.16. The topological polar surface area (TPSA) is 58.5 Å². The van der Waals surface area contributed by atoms with Crippen LogP contribution in [0.1, 0.15) is 11.1 Å². The number of benzene rings is 3. The number of aryl methyl sites for hydroxylation is 1. The van der Waals surface area contributed by atoms with Crippen molar-refractivity contribution in [2.75, 3.05) is 5.32 Å². The maximum absolute atomic E-state index is 12.8. The number of anilines is 1. The summed E-state index contributed by atoms with van der Waals surface area (Å²) in [5.74, 6) is 0.217. The third kappa shape index (κ3) is 5.19. The highest BCUT2D eigenvalue weighted by atomic mass is 79.9. The van der Waals surface area contributed by atoms with Gasteiger partial charge in [0.25, 0.3) is 10.0 Å². The van der Waals surface area contributed by atoms with E-state index in [-0.39, 0.29) is 10.7 Å². The largest absolute Gasteiger partial charge is 0.339 e. The van der Waals surface area contributed by atoms with Crippen molar-refractivity contribution in [1.29, 1.82) is 0 Å². The van der Waals surface area contributed by atoms with Gasteiger partial charge in [-0.05, 0) is 67.6 Å². The zero-order chi connectivity index (χ0) is 19.4. The highest BCUT2D eigenvalue weighted by molar-refractivity contribution is 9.10. The molecule has 0 spiro atoms. The Balaban J connectivity index is 2.04. The summed E-state index contributed by atoms with van der Waals surface area (Å²) < 4.78 is 30.5. The molecule has 7 heteroatoms. The molecule has 0 aromatic heterocycles. The Kier molecular flexibility index (Phi) is 5.99. The normalized spacial score (nSPS) is 12.0. The first kappa shape index (κ1) is 19.6. The zero-order valence-corrected chi connectivity index (χ0v) is 17.5. The number of sulfonamides is 1. The number of hydrogen-bond acceptors (Lipinski definition) is 2. The van der Waals surface area contributed by atoms with E-state index in [1.54, 1.807) is 48.5 Å². The molecule has 0 saturated carbocycles. The molecular formula is C20H16BrClN2O2S. The molecule has 0 unspecified atom stereocenters. The Morgan fingerprint density at radius 2 is 1.52 bits per heavy atom. The Morgan fingerprint density at radius 1 is 0.926 bits per heavy atom. The van der Waals surface area contributed by atoms with Gasteiger partial charge in [-0.1, -0.05) is 45.2 Å². The molecule has 27 heavy (non-hydrogen) atoms. The highest BCUT2D eigenvalue weighted by Crippen LogP contribution is 2.19. The van der Waals surface area contributed by atoms with E-state index >= 15 is 0 Å². The minimum Gasteiger partial charge on any atom is -0.339 e. The van der Waals surface area contributed by atoms with E-state index in [2.05, 4.69) is 25.6 Å². The summed E-state index contributed by atoms with van der Waals surface area (Å²) in [5.41, 5.74) is 2.30. The fourth-order valence-corrected chi connectivity index (χ4v) is 3.68. The van der Waals surface area contributed by atoms with E-state index in [9.17, 15) is 8.42 Å². The molecule has 0 amide bonds. The minimum absolute atomic E-state index is 0.136. The van der Waals surface area contributed by atoms with Crippen LogP contribution in [0, 0.1) is 6.92 Å². The van der Waals surface area contributed by atoms with E-state index in [1.807, 2.05) is 31.2 Å². The van der Waals surface area contributed by atoms with Crippen LogP contribution in [0.25, 0.3) is 0 Å². The number of nitrogens with zero attached hydrogens (tertiary/aromatic N) is 1. The summed E-state index contributed by atoms with van der Waals surface area (Å²) in [6.07, 6.45) is 0. The van der Waals surface area contributed by atoms with Crippen molar-refractivity contribution in [2.45, 2.75) is 11.8 Å². The fraction of sp³-hybridized carbons (Fsp3) is 0.0500. The molecule has 0 aliphatic carbocycles. The Hall–Kier alpha value is -2.15. The van der Waals surface area contributed by atoms with Gasteiger partial charge >= 0.3 is 0 Å². The van der Waals surface area contributed by atoms with Crippen molar-refractivity contribution in [3.8, 4) is 0 Å². The SMILES string of the molecule is Cc1ccc(S(=O)(=O)/N=C(\Nc2ccc(Br)cc2)c2ccc(Cl)cc2)cc1. The quantitative estimate of drug-likeness (QED) is 0.401. The van der Waals surface area contributed by atoms with Crippen molar-refractivity contribution < 1.29 is 8.42 Å². The second-order valence-corrected chi connectivity index (χ2v) is 8.82. The van der Waals surface area contributed by atoms with Crippen LogP contribution in [-0.4, -0.2) is 14.3 Å². The lowest BCUT2D eigenvalue weighted by Gasteiger charge is -2.11. The summed E-state index contributed by atoms with van der Waals surface area (Å²) in [6.45, 7) is 1.90. The average molecular weight is 464 g/mol. The third-order valence-electron chi connectivity index (χ3n) is 3.75. The Morgan fingerprint density at radius 3 is 2.11 bits per heavy atom. The van der Waals surface area contributed by atoms with Gasteiger partial charge in [0.15, 0.2) is 5.84 Å². The van der Waals surface area contributed by atoms with E-state index in [0.29, 0.717) is 16.3 Å². The van der Waals surface area contributed by atoms with Crippen LogP contribution in [0.15, 0.2) is 86.6 Å². The fourth-order valence-electron chi connectivity index (χ4n) is 2.31. The molecule has 0 aliphatic heterocycles. The molecule has 3 aromatic rings. The molecule has 0 aliphatic rings. The molecular weight excluding hydrogens is 448 g/mol. The van der Waals surface area contributed by atoms with E-state index < -0.39 is 10.0 Å². The van der Waals surface area contributed by atoms with E-state index in [0.717, 1.165) is 10.0 Å². The Labute approximate surface area is 172 Å². The van der Waals surface area contributed by atoms with Crippen LogP contribution in [0.4, 0.5) is 5.69 Å². The lowest BCUT2D eigenvalue weighted by Crippen LogP contribution is -2.16. The van der Waals surface area contributed by atoms with Gasteiger partial charge in [-0.3, -0.25) is 0 Å². The monoisotopic (exact) mass is 462 g/mol. The second kappa shape index (κ2) is 8.25. The van der Waals surface area contributed by atoms with Crippen LogP contribution < -0.4 is 5.32 Å². The number of rotatable bonds is 4. The molecule has 0 radical (unpaired) electrons. The first-order valence-corrected chi connectivity index (χ1v) is 10.6. The van der Waals surface area contributed by atoms with Gasteiger partial charge in [-0.2, -0.15) is 8.42 Å². The molecule has 0 heterocycles. The van der Waals surface area contributed by atoms with E-state index in [1.165, 1.54) is 0 Å². The predicted molar refractivity (Wildman–Crippen MR) is 114 cm³/mol. The number of hydrogen-bond donors (Lipinski definition) is 1.